The van der Waals surface area contributed by atoms with Gasteiger partial charge >= 0.3 is 12.1 Å². The van der Waals surface area contributed by atoms with E-state index in [1.165, 1.54) is 32.1 Å². The maximum absolute atomic E-state index is 11.4. The summed E-state index contributed by atoms with van der Waals surface area (Å²) in [6.07, 6.45) is 7.69. The minimum atomic E-state index is -0.573. The van der Waals surface area contributed by atoms with E-state index in [0.29, 0.717) is 13.2 Å². The Kier molecular flexibility index (Phi) is 12.9. The molecule has 0 bridgehead atoms. The van der Waals surface area contributed by atoms with Crippen molar-refractivity contribution >= 4 is 12.1 Å². The fraction of sp³-hybridized carbons (Fsp3) is 0.875. The van der Waals surface area contributed by atoms with Gasteiger partial charge in [0, 0.05) is 0 Å². The fourth-order valence-electron chi connectivity index (χ4n) is 1.73. The van der Waals surface area contributed by atoms with E-state index >= 15 is 0 Å². The highest BCUT2D eigenvalue weighted by atomic mass is 16.6. The Morgan fingerprint density at radius 1 is 0.952 bits per heavy atom. The zero-order valence-corrected chi connectivity index (χ0v) is 13.8. The normalized spacial score (nSPS) is 10.5. The van der Waals surface area contributed by atoms with E-state index in [1.807, 2.05) is 13.8 Å². The topological polar surface area (TPSA) is 64.6 Å². The summed E-state index contributed by atoms with van der Waals surface area (Å²) < 4.78 is 9.92. The number of amides is 1. The van der Waals surface area contributed by atoms with Gasteiger partial charge in [0.05, 0.1) is 13.2 Å². The molecule has 124 valence electrons. The highest BCUT2D eigenvalue weighted by Gasteiger charge is 2.07. The molecule has 0 aromatic heterocycles. The maximum Gasteiger partial charge on any atom is 0.407 e. The molecule has 1 N–H and O–H groups in total. The fourth-order valence-corrected chi connectivity index (χ4v) is 1.73. The van der Waals surface area contributed by atoms with Crippen molar-refractivity contribution in [3.8, 4) is 0 Å². The van der Waals surface area contributed by atoms with E-state index in [9.17, 15) is 9.59 Å². The van der Waals surface area contributed by atoms with Gasteiger partial charge in [-0.15, -0.1) is 0 Å². The van der Waals surface area contributed by atoms with Crippen LogP contribution in [0.1, 0.15) is 65.7 Å². The second kappa shape index (κ2) is 13.7. The first kappa shape index (κ1) is 19.7. The van der Waals surface area contributed by atoms with Crippen LogP contribution in [0, 0.1) is 5.92 Å². The molecule has 5 nitrogen and oxygen atoms in total. The summed E-state index contributed by atoms with van der Waals surface area (Å²) in [5.74, 6) is -0.137. The molecule has 0 aliphatic carbocycles. The Balaban J connectivity index is 3.36. The SMILES string of the molecule is CCCCCCCCCOC(=O)CNC(=O)OCC(C)C. The zero-order valence-electron chi connectivity index (χ0n) is 13.8. The van der Waals surface area contributed by atoms with Crippen molar-refractivity contribution in [2.75, 3.05) is 19.8 Å². The number of nitrogens with one attached hydrogen (secondary N) is 1. The Labute approximate surface area is 128 Å². The molecule has 1 amide bonds. The van der Waals surface area contributed by atoms with Crippen molar-refractivity contribution in [2.24, 2.45) is 5.92 Å². The Bertz CT molecular complexity index is 279. The van der Waals surface area contributed by atoms with Crippen LogP contribution in [0.5, 0.6) is 0 Å². The summed E-state index contributed by atoms with van der Waals surface area (Å²) in [5, 5.41) is 2.38. The molecule has 0 radical (unpaired) electrons. The van der Waals surface area contributed by atoms with Crippen molar-refractivity contribution in [2.45, 2.75) is 65.7 Å². The molecule has 5 heteroatoms. The van der Waals surface area contributed by atoms with Gasteiger partial charge in [0.1, 0.15) is 6.54 Å². The summed E-state index contributed by atoms with van der Waals surface area (Å²) in [5.41, 5.74) is 0. The quantitative estimate of drug-likeness (QED) is 0.441. The van der Waals surface area contributed by atoms with Gasteiger partial charge < -0.3 is 14.8 Å². The monoisotopic (exact) mass is 301 g/mol. The van der Waals surface area contributed by atoms with Gasteiger partial charge in [-0.3, -0.25) is 4.79 Å². The van der Waals surface area contributed by atoms with Gasteiger partial charge in [-0.25, -0.2) is 4.79 Å². The molecule has 0 rings (SSSR count). The summed E-state index contributed by atoms with van der Waals surface area (Å²) >= 11 is 0. The molecular weight excluding hydrogens is 270 g/mol. The minimum Gasteiger partial charge on any atom is -0.464 e. The van der Waals surface area contributed by atoms with Crippen molar-refractivity contribution in [3.05, 3.63) is 0 Å². The molecule has 0 aromatic rings. The second-order valence-corrected chi connectivity index (χ2v) is 5.69. The number of ether oxygens (including phenoxy) is 2. The lowest BCUT2D eigenvalue weighted by Gasteiger charge is -2.08. The summed E-state index contributed by atoms with van der Waals surface area (Å²) in [7, 11) is 0. The maximum atomic E-state index is 11.4. The highest BCUT2D eigenvalue weighted by Crippen LogP contribution is 2.06. The molecule has 0 aliphatic heterocycles. The standard InChI is InChI=1S/C16H31NO4/c1-4-5-6-7-8-9-10-11-20-15(18)12-17-16(19)21-13-14(2)3/h14H,4-13H2,1-3H3,(H,17,19). The van der Waals surface area contributed by atoms with E-state index in [-0.39, 0.29) is 12.5 Å². The van der Waals surface area contributed by atoms with Crippen LogP contribution in [0.2, 0.25) is 0 Å². The third-order valence-electron chi connectivity index (χ3n) is 2.94. The van der Waals surface area contributed by atoms with Crippen LogP contribution in [0.25, 0.3) is 0 Å². The van der Waals surface area contributed by atoms with Gasteiger partial charge in [-0.05, 0) is 12.3 Å². The zero-order chi connectivity index (χ0) is 15.9. The lowest BCUT2D eigenvalue weighted by Crippen LogP contribution is -2.32. The Morgan fingerprint density at radius 2 is 1.57 bits per heavy atom. The van der Waals surface area contributed by atoms with E-state index in [0.717, 1.165) is 12.8 Å². The van der Waals surface area contributed by atoms with Crippen LogP contribution >= 0.6 is 0 Å². The predicted octanol–water partition coefficient (Wildman–Crippen LogP) is 3.66. The van der Waals surface area contributed by atoms with Crippen molar-refractivity contribution in [1.29, 1.82) is 0 Å². The van der Waals surface area contributed by atoms with Gasteiger partial charge in [0.2, 0.25) is 0 Å². The molecule has 0 aromatic carbocycles. The molecular formula is C16H31NO4. The van der Waals surface area contributed by atoms with Crippen molar-refractivity contribution in [1.82, 2.24) is 5.32 Å². The van der Waals surface area contributed by atoms with E-state index < -0.39 is 12.1 Å². The van der Waals surface area contributed by atoms with Gasteiger partial charge in [0.15, 0.2) is 0 Å². The third-order valence-corrected chi connectivity index (χ3v) is 2.94. The Morgan fingerprint density at radius 3 is 2.19 bits per heavy atom. The number of unbranched alkanes of at least 4 members (excludes halogenated alkanes) is 6. The van der Waals surface area contributed by atoms with Crippen LogP contribution in [0.4, 0.5) is 4.79 Å². The third kappa shape index (κ3) is 15.0. The smallest absolute Gasteiger partial charge is 0.407 e. The predicted molar refractivity (Wildman–Crippen MR) is 83.1 cm³/mol. The number of alkyl carbamates (subject to hydrolysis) is 1. The average molecular weight is 301 g/mol. The van der Waals surface area contributed by atoms with Crippen LogP contribution in [-0.4, -0.2) is 31.8 Å². The van der Waals surface area contributed by atoms with E-state index in [4.69, 9.17) is 9.47 Å². The van der Waals surface area contributed by atoms with Crippen molar-refractivity contribution in [3.63, 3.8) is 0 Å². The van der Waals surface area contributed by atoms with Crippen LogP contribution in [0.3, 0.4) is 0 Å². The lowest BCUT2D eigenvalue weighted by atomic mass is 10.1. The molecule has 0 heterocycles. The molecule has 0 saturated heterocycles. The molecule has 0 saturated carbocycles. The summed E-state index contributed by atoms with van der Waals surface area (Å²) in [4.78, 5) is 22.6. The minimum absolute atomic E-state index is 0.132. The largest absolute Gasteiger partial charge is 0.464 e. The Hall–Kier alpha value is -1.26. The molecule has 0 atom stereocenters. The molecule has 0 aliphatic rings. The van der Waals surface area contributed by atoms with Crippen LogP contribution in [-0.2, 0) is 14.3 Å². The molecule has 0 spiro atoms. The first-order chi connectivity index (χ1) is 10.1. The second-order valence-electron chi connectivity index (χ2n) is 5.69. The van der Waals surface area contributed by atoms with Gasteiger partial charge in [0.25, 0.3) is 0 Å². The van der Waals surface area contributed by atoms with Crippen molar-refractivity contribution < 1.29 is 19.1 Å². The van der Waals surface area contributed by atoms with Gasteiger partial charge in [-0.1, -0.05) is 59.3 Å². The van der Waals surface area contributed by atoms with E-state index in [1.54, 1.807) is 0 Å². The van der Waals surface area contributed by atoms with Crippen LogP contribution in [0.15, 0.2) is 0 Å². The number of hydrogen-bond acceptors (Lipinski definition) is 4. The first-order valence-electron chi connectivity index (χ1n) is 8.12. The van der Waals surface area contributed by atoms with E-state index in [2.05, 4.69) is 12.2 Å². The highest BCUT2D eigenvalue weighted by molar-refractivity contribution is 5.77. The molecule has 21 heavy (non-hydrogen) atoms. The lowest BCUT2D eigenvalue weighted by molar-refractivity contribution is -0.142. The molecule has 0 unspecified atom stereocenters. The summed E-state index contributed by atoms with van der Waals surface area (Å²) in [6, 6.07) is 0. The molecule has 0 fully saturated rings. The number of esters is 1. The number of carbonyl (C=O) groups is 2. The average Bonchev–Trinajstić information content (AvgIpc) is 2.45. The summed E-state index contributed by atoms with van der Waals surface area (Å²) in [6.45, 7) is 6.74. The number of carbonyl (C=O) groups excluding carboxylic acids is 2. The van der Waals surface area contributed by atoms with Gasteiger partial charge in [-0.2, -0.15) is 0 Å². The number of hydrogen-bond donors (Lipinski definition) is 1. The van der Waals surface area contributed by atoms with Crippen LogP contribution < -0.4 is 5.32 Å². The number of rotatable bonds is 12. The first-order valence-corrected chi connectivity index (χ1v) is 8.12.